The van der Waals surface area contributed by atoms with Crippen LogP contribution in [0.5, 0.6) is 11.5 Å². The van der Waals surface area contributed by atoms with Crippen LogP contribution in [0, 0.1) is 11.8 Å². The molecular formula is C29H39N3O5. The van der Waals surface area contributed by atoms with Crippen LogP contribution in [-0.2, 0) is 4.74 Å². The Morgan fingerprint density at radius 1 is 1.11 bits per heavy atom. The zero-order chi connectivity index (χ0) is 26.5. The van der Waals surface area contributed by atoms with Crippen molar-refractivity contribution in [3.63, 3.8) is 0 Å². The van der Waals surface area contributed by atoms with Gasteiger partial charge >= 0.3 is 0 Å². The predicted octanol–water partition coefficient (Wildman–Crippen LogP) is 4.16. The summed E-state index contributed by atoms with van der Waals surface area (Å²) in [5, 5.41) is 2.92. The Kier molecular flexibility index (Phi) is 8.71. The van der Waals surface area contributed by atoms with Gasteiger partial charge < -0.3 is 24.4 Å². The van der Waals surface area contributed by atoms with E-state index in [-0.39, 0.29) is 29.9 Å². The summed E-state index contributed by atoms with van der Waals surface area (Å²) in [6.07, 6.45) is 2.48. The molecule has 200 valence electrons. The summed E-state index contributed by atoms with van der Waals surface area (Å²) in [6, 6.07) is 12.4. The average Bonchev–Trinajstić information content (AvgIpc) is 3.73. The largest absolute Gasteiger partial charge is 0.496 e. The second-order valence-corrected chi connectivity index (χ2v) is 10.4. The summed E-state index contributed by atoms with van der Waals surface area (Å²) in [6.45, 7) is 7.20. The van der Waals surface area contributed by atoms with Crippen molar-refractivity contribution in [2.45, 2.75) is 38.8 Å². The Bertz CT molecular complexity index is 1100. The number of likely N-dealkylation sites (N-methyl/N-ethyl adjacent to an activating group) is 1. The lowest BCUT2D eigenvalue weighted by Crippen LogP contribution is -2.47. The maximum atomic E-state index is 13.4. The Morgan fingerprint density at radius 3 is 2.57 bits per heavy atom. The lowest BCUT2D eigenvalue weighted by Gasteiger charge is -2.36. The number of nitrogens with one attached hydrogen (secondary N) is 1. The van der Waals surface area contributed by atoms with E-state index < -0.39 is 0 Å². The summed E-state index contributed by atoms with van der Waals surface area (Å²) in [7, 11) is 5.04. The molecule has 2 aliphatic rings. The number of carbonyl (C=O) groups excluding carboxylic acids is 2. The summed E-state index contributed by atoms with van der Waals surface area (Å²) >= 11 is 0. The molecule has 0 spiro atoms. The van der Waals surface area contributed by atoms with Gasteiger partial charge in [-0.05, 0) is 55.9 Å². The number of ether oxygens (including phenoxy) is 3. The molecule has 8 heteroatoms. The van der Waals surface area contributed by atoms with Crippen molar-refractivity contribution >= 4 is 17.5 Å². The zero-order valence-electron chi connectivity index (χ0n) is 22.5. The van der Waals surface area contributed by atoms with Gasteiger partial charge in [-0.25, -0.2) is 0 Å². The minimum absolute atomic E-state index is 0.0777. The van der Waals surface area contributed by atoms with Crippen molar-refractivity contribution < 1.29 is 23.8 Å². The normalized spacial score (nSPS) is 23.3. The first-order valence-corrected chi connectivity index (χ1v) is 13.0. The molecule has 2 aromatic carbocycles. The number of hydrogen-bond donors (Lipinski definition) is 1. The molecule has 2 amide bonds. The van der Waals surface area contributed by atoms with Gasteiger partial charge in [0, 0.05) is 51.6 Å². The molecule has 1 N–H and O–H groups in total. The monoisotopic (exact) mass is 509 g/mol. The molecular weight excluding hydrogens is 470 g/mol. The quantitative estimate of drug-likeness (QED) is 0.630. The average molecular weight is 510 g/mol. The van der Waals surface area contributed by atoms with Crippen molar-refractivity contribution in [2.75, 3.05) is 52.8 Å². The van der Waals surface area contributed by atoms with Crippen LogP contribution in [-0.4, -0.2) is 81.3 Å². The highest BCUT2D eigenvalue weighted by atomic mass is 16.5. The van der Waals surface area contributed by atoms with Crippen molar-refractivity contribution in [3.05, 3.63) is 53.6 Å². The fourth-order valence-electron chi connectivity index (χ4n) is 4.84. The predicted molar refractivity (Wildman–Crippen MR) is 144 cm³/mol. The third-order valence-corrected chi connectivity index (χ3v) is 7.37. The Hall–Kier alpha value is -3.10. The van der Waals surface area contributed by atoms with Gasteiger partial charge in [0.05, 0.1) is 24.3 Å². The maximum absolute atomic E-state index is 13.4. The molecule has 0 unspecified atom stereocenters. The van der Waals surface area contributed by atoms with E-state index >= 15 is 0 Å². The van der Waals surface area contributed by atoms with Crippen LogP contribution in [0.1, 0.15) is 47.4 Å². The molecule has 1 heterocycles. The van der Waals surface area contributed by atoms with E-state index in [1.165, 1.54) is 20.0 Å². The van der Waals surface area contributed by atoms with E-state index in [4.69, 9.17) is 14.2 Å². The van der Waals surface area contributed by atoms with Crippen LogP contribution in [0.4, 0.5) is 5.69 Å². The number of fused-ring (bicyclic) bond motifs is 1. The summed E-state index contributed by atoms with van der Waals surface area (Å²) < 4.78 is 17.4. The Labute approximate surface area is 219 Å². The summed E-state index contributed by atoms with van der Waals surface area (Å²) in [5.41, 5.74) is 1.43. The van der Waals surface area contributed by atoms with Crippen LogP contribution >= 0.6 is 0 Å². The molecule has 2 aromatic rings. The number of anilines is 1. The van der Waals surface area contributed by atoms with Gasteiger partial charge in [0.25, 0.3) is 11.8 Å². The maximum Gasteiger partial charge on any atom is 0.259 e. The molecule has 4 rings (SSSR count). The highest BCUT2D eigenvalue weighted by Gasteiger charge is 2.31. The molecule has 0 bridgehead atoms. The van der Waals surface area contributed by atoms with Gasteiger partial charge in [0.15, 0.2) is 0 Å². The van der Waals surface area contributed by atoms with E-state index in [1.54, 1.807) is 55.5 Å². The van der Waals surface area contributed by atoms with Crippen molar-refractivity contribution in [1.29, 1.82) is 0 Å². The van der Waals surface area contributed by atoms with Gasteiger partial charge in [0.2, 0.25) is 0 Å². The van der Waals surface area contributed by atoms with Gasteiger partial charge in [-0.3, -0.25) is 14.5 Å². The minimum Gasteiger partial charge on any atom is -0.496 e. The van der Waals surface area contributed by atoms with E-state index in [1.807, 2.05) is 6.07 Å². The van der Waals surface area contributed by atoms with Gasteiger partial charge in [-0.2, -0.15) is 0 Å². The van der Waals surface area contributed by atoms with Crippen LogP contribution in [0.15, 0.2) is 42.5 Å². The number of nitrogens with zero attached hydrogens (tertiary/aromatic N) is 2. The topological polar surface area (TPSA) is 80.3 Å². The number of benzene rings is 2. The van der Waals surface area contributed by atoms with Crippen LogP contribution in [0.25, 0.3) is 0 Å². The van der Waals surface area contributed by atoms with E-state index in [0.717, 1.165) is 19.0 Å². The Morgan fingerprint density at radius 2 is 1.86 bits per heavy atom. The summed E-state index contributed by atoms with van der Waals surface area (Å²) in [4.78, 5) is 30.6. The van der Waals surface area contributed by atoms with Gasteiger partial charge in [0.1, 0.15) is 18.1 Å². The lowest BCUT2D eigenvalue weighted by atomic mass is 10.0. The molecule has 0 saturated heterocycles. The van der Waals surface area contributed by atoms with Crippen molar-refractivity contribution in [2.24, 2.45) is 11.8 Å². The van der Waals surface area contributed by atoms with Crippen molar-refractivity contribution in [1.82, 2.24) is 9.80 Å². The first-order chi connectivity index (χ1) is 17.8. The number of para-hydroxylation sites is 1. The molecule has 1 aliphatic carbocycles. The standard InChI is InChI=1S/C29H39N3O5/c1-19-15-32(16-21-10-11-21)20(2)18-37-26-14-22(30-28(33)23-8-6-7-9-25(23)35-4)12-13-24(26)29(34)31(3)17-27(19)36-5/h6-9,12-14,19-21,27H,10-11,15-18H2,1-5H3,(H,30,33)/t19-,20+,27+/m1/s1. The van der Waals surface area contributed by atoms with E-state index in [0.29, 0.717) is 41.5 Å². The lowest BCUT2D eigenvalue weighted by molar-refractivity contribution is 0.00994. The van der Waals surface area contributed by atoms with Gasteiger partial charge in [-0.1, -0.05) is 19.1 Å². The Balaban J connectivity index is 1.61. The SMILES string of the molecule is COc1ccccc1C(=O)Nc1ccc2c(c1)OC[C@H](C)N(CC1CC1)C[C@@H](C)[C@@H](OC)CN(C)C2=O. The molecule has 8 nitrogen and oxygen atoms in total. The first kappa shape index (κ1) is 26.9. The molecule has 37 heavy (non-hydrogen) atoms. The molecule has 3 atom stereocenters. The van der Waals surface area contributed by atoms with E-state index in [2.05, 4.69) is 24.1 Å². The number of rotatable bonds is 6. The summed E-state index contributed by atoms with van der Waals surface area (Å²) in [5.74, 6) is 1.51. The first-order valence-electron chi connectivity index (χ1n) is 13.0. The number of carbonyl (C=O) groups is 2. The van der Waals surface area contributed by atoms with Gasteiger partial charge in [-0.15, -0.1) is 0 Å². The second kappa shape index (κ2) is 12.0. The minimum atomic E-state index is -0.296. The highest BCUT2D eigenvalue weighted by molar-refractivity contribution is 6.06. The fraction of sp³-hybridized carbons (Fsp3) is 0.517. The van der Waals surface area contributed by atoms with Crippen molar-refractivity contribution in [3.8, 4) is 11.5 Å². The molecule has 1 aliphatic heterocycles. The molecule has 1 saturated carbocycles. The number of methoxy groups -OCH3 is 2. The van der Waals surface area contributed by atoms with E-state index in [9.17, 15) is 9.59 Å². The van der Waals surface area contributed by atoms with Crippen LogP contribution in [0.3, 0.4) is 0 Å². The van der Waals surface area contributed by atoms with Crippen LogP contribution in [0.2, 0.25) is 0 Å². The smallest absolute Gasteiger partial charge is 0.259 e. The number of amides is 2. The molecule has 0 aromatic heterocycles. The molecule has 1 fully saturated rings. The third kappa shape index (κ3) is 6.62. The number of hydrogen-bond acceptors (Lipinski definition) is 6. The fourth-order valence-corrected chi connectivity index (χ4v) is 4.84. The second-order valence-electron chi connectivity index (χ2n) is 10.4. The zero-order valence-corrected chi connectivity index (χ0v) is 22.5. The van der Waals surface area contributed by atoms with Crippen LogP contribution < -0.4 is 14.8 Å². The highest BCUT2D eigenvalue weighted by Crippen LogP contribution is 2.32. The molecule has 0 radical (unpaired) electrons. The third-order valence-electron chi connectivity index (χ3n) is 7.37.